The molecule has 0 aromatic heterocycles. The molecule has 0 spiro atoms. The smallest absolute Gasteiger partial charge is 0.231 e. The molecule has 0 saturated carbocycles. The van der Waals surface area contributed by atoms with E-state index in [0.717, 1.165) is 27.0 Å². The highest BCUT2D eigenvalue weighted by atomic mass is 79.9. The lowest BCUT2D eigenvalue weighted by Crippen LogP contribution is -2.26. The maximum atomic E-state index is 12.3. The number of benzene rings is 2. The summed E-state index contributed by atoms with van der Waals surface area (Å²) < 4.78 is 6.33. The van der Waals surface area contributed by atoms with Gasteiger partial charge in [0.15, 0.2) is 0 Å². The Kier molecular flexibility index (Phi) is 3.59. The van der Waals surface area contributed by atoms with Gasteiger partial charge in [0.2, 0.25) is 5.91 Å². The van der Waals surface area contributed by atoms with E-state index < -0.39 is 0 Å². The number of amides is 1. The lowest BCUT2D eigenvalue weighted by molar-refractivity contribution is -0.117. The van der Waals surface area contributed by atoms with E-state index in [0.29, 0.717) is 18.7 Å². The molecule has 0 bridgehead atoms. The van der Waals surface area contributed by atoms with Crippen molar-refractivity contribution in [2.24, 2.45) is 0 Å². The second-order valence-corrected chi connectivity index (χ2v) is 5.92. The molecule has 5 heteroatoms. The minimum absolute atomic E-state index is 0.0811. The first-order valence-electron chi connectivity index (χ1n) is 6.59. The molecule has 4 nitrogen and oxygen atoms in total. The number of fused-ring (bicyclic) bond motifs is 1. The summed E-state index contributed by atoms with van der Waals surface area (Å²) in [5.41, 5.74) is 9.34. The Morgan fingerprint density at radius 2 is 2.10 bits per heavy atom. The van der Waals surface area contributed by atoms with Crippen LogP contribution in [0.25, 0.3) is 0 Å². The van der Waals surface area contributed by atoms with Crippen molar-refractivity contribution in [3.63, 3.8) is 0 Å². The van der Waals surface area contributed by atoms with Crippen LogP contribution < -0.4 is 15.4 Å². The zero-order valence-electron chi connectivity index (χ0n) is 11.6. The molecule has 3 rings (SSSR count). The molecular formula is C16H15BrN2O2. The number of methoxy groups -OCH3 is 1. The number of anilines is 2. The summed E-state index contributed by atoms with van der Waals surface area (Å²) in [5.74, 6) is 0.854. The van der Waals surface area contributed by atoms with E-state index in [-0.39, 0.29) is 5.91 Å². The number of nitrogen functional groups attached to an aromatic ring is 1. The fraction of sp³-hybridized carbons (Fsp3) is 0.188. The van der Waals surface area contributed by atoms with Gasteiger partial charge in [0.25, 0.3) is 0 Å². The third kappa shape index (κ3) is 2.61. The maximum Gasteiger partial charge on any atom is 0.231 e. The van der Waals surface area contributed by atoms with Crippen molar-refractivity contribution in [2.45, 2.75) is 13.0 Å². The zero-order valence-corrected chi connectivity index (χ0v) is 13.2. The molecular weight excluding hydrogens is 332 g/mol. The SMILES string of the molecule is COc1ccc(Br)cc1CN1C(=O)Cc2cc(N)ccc21. The lowest BCUT2D eigenvalue weighted by Gasteiger charge is -2.19. The first-order chi connectivity index (χ1) is 10.1. The van der Waals surface area contributed by atoms with Crippen molar-refractivity contribution >= 4 is 33.2 Å². The molecule has 0 atom stereocenters. The topological polar surface area (TPSA) is 55.6 Å². The van der Waals surface area contributed by atoms with Crippen molar-refractivity contribution in [1.82, 2.24) is 0 Å². The van der Waals surface area contributed by atoms with Crippen LogP contribution in [0.15, 0.2) is 40.9 Å². The first kappa shape index (κ1) is 13.9. The zero-order chi connectivity index (χ0) is 15.0. The second kappa shape index (κ2) is 5.41. The second-order valence-electron chi connectivity index (χ2n) is 5.00. The molecule has 2 aromatic rings. The highest BCUT2D eigenvalue weighted by molar-refractivity contribution is 9.10. The third-order valence-corrected chi connectivity index (χ3v) is 4.10. The summed E-state index contributed by atoms with van der Waals surface area (Å²) in [5, 5.41) is 0. The van der Waals surface area contributed by atoms with E-state index in [2.05, 4.69) is 15.9 Å². The van der Waals surface area contributed by atoms with Gasteiger partial charge < -0.3 is 15.4 Å². The average Bonchev–Trinajstić information content (AvgIpc) is 2.74. The summed E-state index contributed by atoms with van der Waals surface area (Å²) in [4.78, 5) is 14.0. The van der Waals surface area contributed by atoms with Crippen LogP contribution in [0, 0.1) is 0 Å². The Balaban J connectivity index is 1.96. The normalized spacial score (nSPS) is 13.4. The summed E-state index contributed by atoms with van der Waals surface area (Å²) >= 11 is 3.46. The lowest BCUT2D eigenvalue weighted by atomic mass is 10.1. The molecule has 0 radical (unpaired) electrons. The molecule has 0 fully saturated rings. The van der Waals surface area contributed by atoms with Gasteiger partial charge >= 0.3 is 0 Å². The van der Waals surface area contributed by atoms with Crippen LogP contribution >= 0.6 is 15.9 Å². The predicted octanol–water partition coefficient (Wildman–Crippen LogP) is 3.13. The number of carbonyl (C=O) groups is 1. The van der Waals surface area contributed by atoms with Crippen molar-refractivity contribution in [3.05, 3.63) is 52.0 Å². The van der Waals surface area contributed by atoms with Crippen molar-refractivity contribution in [2.75, 3.05) is 17.7 Å². The van der Waals surface area contributed by atoms with E-state index >= 15 is 0 Å². The third-order valence-electron chi connectivity index (χ3n) is 3.61. The summed E-state index contributed by atoms with van der Waals surface area (Å²) in [7, 11) is 1.63. The molecule has 0 aliphatic carbocycles. The number of rotatable bonds is 3. The Morgan fingerprint density at radius 1 is 1.29 bits per heavy atom. The van der Waals surface area contributed by atoms with E-state index in [4.69, 9.17) is 10.5 Å². The molecule has 0 unspecified atom stereocenters. The van der Waals surface area contributed by atoms with E-state index in [9.17, 15) is 4.79 Å². The van der Waals surface area contributed by atoms with Gasteiger partial charge in [-0.2, -0.15) is 0 Å². The molecule has 1 aliphatic heterocycles. The molecule has 2 N–H and O–H groups in total. The van der Waals surface area contributed by atoms with Crippen LogP contribution in [0.2, 0.25) is 0 Å². The van der Waals surface area contributed by atoms with Gasteiger partial charge in [-0.05, 0) is 42.0 Å². The van der Waals surface area contributed by atoms with Gasteiger partial charge in [-0.15, -0.1) is 0 Å². The fourth-order valence-electron chi connectivity index (χ4n) is 2.62. The van der Waals surface area contributed by atoms with Crippen LogP contribution in [-0.4, -0.2) is 13.0 Å². The van der Waals surface area contributed by atoms with Gasteiger partial charge in [0, 0.05) is 21.4 Å². The maximum absolute atomic E-state index is 12.3. The standard InChI is InChI=1S/C16H15BrN2O2/c1-21-15-5-2-12(17)6-11(15)9-19-14-4-3-13(18)7-10(14)8-16(19)20/h2-7H,8-9,18H2,1H3. The molecule has 0 saturated heterocycles. The van der Waals surface area contributed by atoms with Gasteiger partial charge in [-0.3, -0.25) is 4.79 Å². The minimum atomic E-state index is 0.0811. The van der Waals surface area contributed by atoms with Crippen LogP contribution in [0.5, 0.6) is 5.75 Å². The number of halogens is 1. The average molecular weight is 347 g/mol. The Bertz CT molecular complexity index is 715. The van der Waals surface area contributed by atoms with E-state index in [1.807, 2.05) is 36.4 Å². The van der Waals surface area contributed by atoms with Gasteiger partial charge in [0.05, 0.1) is 20.1 Å². The van der Waals surface area contributed by atoms with E-state index in [1.54, 1.807) is 12.0 Å². The Hall–Kier alpha value is -2.01. The van der Waals surface area contributed by atoms with Gasteiger partial charge in [-0.25, -0.2) is 0 Å². The van der Waals surface area contributed by atoms with Crippen LogP contribution in [0.4, 0.5) is 11.4 Å². The molecule has 108 valence electrons. The number of carbonyl (C=O) groups excluding carboxylic acids is 1. The number of nitrogens with two attached hydrogens (primary N) is 1. The number of hydrogen-bond acceptors (Lipinski definition) is 3. The number of ether oxygens (including phenoxy) is 1. The monoisotopic (exact) mass is 346 g/mol. The van der Waals surface area contributed by atoms with Crippen molar-refractivity contribution < 1.29 is 9.53 Å². The van der Waals surface area contributed by atoms with Gasteiger partial charge in [-0.1, -0.05) is 15.9 Å². The predicted molar refractivity (Wildman–Crippen MR) is 86.4 cm³/mol. The molecule has 1 heterocycles. The molecule has 1 amide bonds. The summed E-state index contributed by atoms with van der Waals surface area (Å²) in [6.07, 6.45) is 0.399. The number of hydrogen-bond donors (Lipinski definition) is 1. The molecule has 2 aromatic carbocycles. The molecule has 21 heavy (non-hydrogen) atoms. The van der Waals surface area contributed by atoms with Crippen LogP contribution in [-0.2, 0) is 17.8 Å². The summed E-state index contributed by atoms with van der Waals surface area (Å²) in [6.45, 7) is 0.484. The Morgan fingerprint density at radius 3 is 2.86 bits per heavy atom. The van der Waals surface area contributed by atoms with Crippen molar-refractivity contribution in [1.29, 1.82) is 0 Å². The minimum Gasteiger partial charge on any atom is -0.496 e. The van der Waals surface area contributed by atoms with E-state index in [1.165, 1.54) is 0 Å². The van der Waals surface area contributed by atoms with Crippen LogP contribution in [0.1, 0.15) is 11.1 Å². The van der Waals surface area contributed by atoms with Crippen LogP contribution in [0.3, 0.4) is 0 Å². The quantitative estimate of drug-likeness (QED) is 0.868. The van der Waals surface area contributed by atoms with Gasteiger partial charge in [0.1, 0.15) is 5.75 Å². The highest BCUT2D eigenvalue weighted by Crippen LogP contribution is 2.33. The first-order valence-corrected chi connectivity index (χ1v) is 7.39. The fourth-order valence-corrected chi connectivity index (χ4v) is 3.03. The number of nitrogens with zero attached hydrogens (tertiary/aromatic N) is 1. The Labute approximate surface area is 131 Å². The molecule has 1 aliphatic rings. The largest absolute Gasteiger partial charge is 0.496 e. The summed E-state index contributed by atoms with van der Waals surface area (Å²) in [6, 6.07) is 11.4. The highest BCUT2D eigenvalue weighted by Gasteiger charge is 2.28. The van der Waals surface area contributed by atoms with Crippen molar-refractivity contribution in [3.8, 4) is 5.75 Å².